The second-order valence-electron chi connectivity index (χ2n) is 9.04. The molecule has 4 nitrogen and oxygen atoms in total. The smallest absolute Gasteiger partial charge is 0.199 e. The van der Waals surface area contributed by atoms with Gasteiger partial charge in [0.15, 0.2) is 6.29 Å². The highest BCUT2D eigenvalue weighted by molar-refractivity contribution is 5.56. The summed E-state index contributed by atoms with van der Waals surface area (Å²) in [7, 11) is 0. The first-order valence-electron chi connectivity index (χ1n) is 12.4. The standard InChI is InChI=1S/C30H33NO3/c1-2-6-26(7-3-1)23-33-28-13-9-24(10-14-28)22-25-17-19-31(20-18-25)27-11-15-29(16-12-27)34-30-8-4-5-21-32-30/h1-3,6-7,9-16,22,30H,4-5,8,17-21,23H2. The molecule has 0 aromatic heterocycles. The fraction of sp³-hybridized carbons (Fsp3) is 0.333. The number of hydrogen-bond acceptors (Lipinski definition) is 4. The Morgan fingerprint density at radius 1 is 0.824 bits per heavy atom. The molecule has 4 heteroatoms. The Hall–Kier alpha value is -3.24. The molecule has 0 N–H and O–H groups in total. The summed E-state index contributed by atoms with van der Waals surface area (Å²) in [5.74, 6) is 1.80. The second-order valence-corrected chi connectivity index (χ2v) is 9.04. The van der Waals surface area contributed by atoms with Gasteiger partial charge in [-0.3, -0.25) is 0 Å². The van der Waals surface area contributed by atoms with E-state index >= 15 is 0 Å². The summed E-state index contributed by atoms with van der Waals surface area (Å²) in [6.45, 7) is 3.48. The Balaban J connectivity index is 1.10. The molecular formula is C30H33NO3. The second kappa shape index (κ2) is 11.3. The molecule has 0 spiro atoms. The number of benzene rings is 3. The third-order valence-corrected chi connectivity index (χ3v) is 6.51. The van der Waals surface area contributed by atoms with Crippen LogP contribution in [0.15, 0.2) is 84.4 Å². The molecule has 2 aliphatic rings. The Labute approximate surface area is 202 Å². The number of rotatable bonds is 7. The van der Waals surface area contributed by atoms with Crippen molar-refractivity contribution in [2.24, 2.45) is 0 Å². The highest BCUT2D eigenvalue weighted by atomic mass is 16.7. The van der Waals surface area contributed by atoms with Gasteiger partial charge in [0, 0.05) is 25.2 Å². The van der Waals surface area contributed by atoms with Crippen LogP contribution in [0, 0.1) is 0 Å². The van der Waals surface area contributed by atoms with Crippen molar-refractivity contribution in [3.63, 3.8) is 0 Å². The monoisotopic (exact) mass is 455 g/mol. The van der Waals surface area contributed by atoms with Crippen molar-refractivity contribution in [3.8, 4) is 11.5 Å². The van der Waals surface area contributed by atoms with Crippen LogP contribution in [0.3, 0.4) is 0 Å². The van der Waals surface area contributed by atoms with Gasteiger partial charge in [0.1, 0.15) is 18.1 Å². The van der Waals surface area contributed by atoms with Crippen molar-refractivity contribution in [1.29, 1.82) is 0 Å². The third-order valence-electron chi connectivity index (χ3n) is 6.51. The van der Waals surface area contributed by atoms with Crippen molar-refractivity contribution in [2.45, 2.75) is 45.0 Å². The van der Waals surface area contributed by atoms with Crippen LogP contribution in [0.1, 0.15) is 43.2 Å². The van der Waals surface area contributed by atoms with E-state index in [2.05, 4.69) is 71.6 Å². The number of ether oxygens (including phenoxy) is 3. The summed E-state index contributed by atoms with van der Waals surface area (Å²) in [6.07, 6.45) is 7.70. The molecule has 0 radical (unpaired) electrons. The fourth-order valence-corrected chi connectivity index (χ4v) is 4.52. The molecule has 0 aliphatic carbocycles. The fourth-order valence-electron chi connectivity index (χ4n) is 4.52. The molecule has 3 aromatic carbocycles. The van der Waals surface area contributed by atoms with Crippen LogP contribution >= 0.6 is 0 Å². The summed E-state index contributed by atoms with van der Waals surface area (Å²) in [5.41, 5.74) is 5.18. The quantitative estimate of drug-likeness (QED) is 0.390. The Morgan fingerprint density at radius 3 is 2.26 bits per heavy atom. The van der Waals surface area contributed by atoms with Crippen LogP contribution in [0.4, 0.5) is 5.69 Å². The van der Waals surface area contributed by atoms with Crippen LogP contribution in [-0.2, 0) is 11.3 Å². The Morgan fingerprint density at radius 2 is 1.56 bits per heavy atom. The summed E-state index contributed by atoms with van der Waals surface area (Å²) in [5, 5.41) is 0. The zero-order valence-corrected chi connectivity index (χ0v) is 19.7. The van der Waals surface area contributed by atoms with E-state index in [4.69, 9.17) is 14.2 Å². The number of hydrogen-bond donors (Lipinski definition) is 0. The van der Waals surface area contributed by atoms with E-state index in [1.54, 1.807) is 0 Å². The van der Waals surface area contributed by atoms with E-state index in [1.165, 1.54) is 28.8 Å². The first kappa shape index (κ1) is 22.5. The first-order valence-corrected chi connectivity index (χ1v) is 12.4. The molecular weight excluding hydrogens is 422 g/mol. The molecule has 0 amide bonds. The van der Waals surface area contributed by atoms with Gasteiger partial charge in [0.2, 0.25) is 0 Å². The topological polar surface area (TPSA) is 30.9 Å². The highest BCUT2D eigenvalue weighted by Crippen LogP contribution is 2.27. The molecule has 2 aliphatic heterocycles. The van der Waals surface area contributed by atoms with E-state index in [0.29, 0.717) is 6.61 Å². The third kappa shape index (κ3) is 6.21. The highest BCUT2D eigenvalue weighted by Gasteiger charge is 2.17. The SMILES string of the molecule is C(=C1CCN(c2ccc(OC3CCCCO3)cc2)CC1)c1ccc(OCc2ccccc2)cc1. The normalized spacial score (nSPS) is 18.4. The summed E-state index contributed by atoms with van der Waals surface area (Å²) >= 11 is 0. The molecule has 5 rings (SSSR count). The van der Waals surface area contributed by atoms with Gasteiger partial charge in [-0.2, -0.15) is 0 Å². The molecule has 0 bridgehead atoms. The van der Waals surface area contributed by atoms with Crippen molar-refractivity contribution in [2.75, 3.05) is 24.6 Å². The van der Waals surface area contributed by atoms with E-state index in [1.807, 2.05) is 18.2 Å². The summed E-state index contributed by atoms with van der Waals surface area (Å²) in [4.78, 5) is 2.46. The lowest BCUT2D eigenvalue weighted by molar-refractivity contribution is -0.105. The van der Waals surface area contributed by atoms with Crippen LogP contribution < -0.4 is 14.4 Å². The van der Waals surface area contributed by atoms with Gasteiger partial charge in [-0.1, -0.05) is 54.1 Å². The molecule has 0 saturated carbocycles. The maximum Gasteiger partial charge on any atom is 0.199 e. The lowest BCUT2D eigenvalue weighted by atomic mass is 10.0. The molecule has 3 aromatic rings. The average molecular weight is 456 g/mol. The van der Waals surface area contributed by atoms with Crippen molar-refractivity contribution < 1.29 is 14.2 Å². The Bertz CT molecular complexity index is 1040. The van der Waals surface area contributed by atoms with Crippen molar-refractivity contribution in [3.05, 3.63) is 95.6 Å². The van der Waals surface area contributed by atoms with Gasteiger partial charge in [0.25, 0.3) is 0 Å². The lowest BCUT2D eigenvalue weighted by Crippen LogP contribution is -2.30. The van der Waals surface area contributed by atoms with Gasteiger partial charge in [0.05, 0.1) is 6.61 Å². The minimum atomic E-state index is -0.0910. The predicted molar refractivity (Wildman–Crippen MR) is 137 cm³/mol. The predicted octanol–water partition coefficient (Wildman–Crippen LogP) is 6.85. The largest absolute Gasteiger partial charge is 0.489 e. The molecule has 2 fully saturated rings. The maximum atomic E-state index is 5.97. The van der Waals surface area contributed by atoms with Crippen LogP contribution in [0.5, 0.6) is 11.5 Å². The average Bonchev–Trinajstić information content (AvgIpc) is 2.90. The molecule has 1 atom stereocenters. The van der Waals surface area contributed by atoms with Gasteiger partial charge in [-0.05, 0) is 73.2 Å². The van der Waals surface area contributed by atoms with Gasteiger partial charge in [-0.25, -0.2) is 0 Å². The van der Waals surface area contributed by atoms with E-state index < -0.39 is 0 Å². The molecule has 1 unspecified atom stereocenters. The Kier molecular flexibility index (Phi) is 7.47. The minimum Gasteiger partial charge on any atom is -0.489 e. The minimum absolute atomic E-state index is 0.0910. The number of piperidine rings is 1. The van der Waals surface area contributed by atoms with Crippen molar-refractivity contribution >= 4 is 11.8 Å². The van der Waals surface area contributed by atoms with E-state index in [-0.39, 0.29) is 6.29 Å². The van der Waals surface area contributed by atoms with Gasteiger partial charge >= 0.3 is 0 Å². The molecule has 176 valence electrons. The number of anilines is 1. The van der Waals surface area contributed by atoms with Gasteiger partial charge < -0.3 is 19.1 Å². The molecule has 2 saturated heterocycles. The van der Waals surface area contributed by atoms with Crippen molar-refractivity contribution in [1.82, 2.24) is 0 Å². The summed E-state index contributed by atoms with van der Waals surface area (Å²) < 4.78 is 17.6. The zero-order valence-electron chi connectivity index (χ0n) is 19.7. The lowest BCUT2D eigenvalue weighted by Gasteiger charge is -2.31. The van der Waals surface area contributed by atoms with Crippen LogP contribution in [0.2, 0.25) is 0 Å². The molecule has 34 heavy (non-hydrogen) atoms. The summed E-state index contributed by atoms with van der Waals surface area (Å²) in [6, 6.07) is 27.2. The van der Waals surface area contributed by atoms with Gasteiger partial charge in [-0.15, -0.1) is 0 Å². The first-order chi connectivity index (χ1) is 16.8. The van der Waals surface area contributed by atoms with E-state index in [9.17, 15) is 0 Å². The number of nitrogens with zero attached hydrogens (tertiary/aromatic N) is 1. The zero-order chi connectivity index (χ0) is 23.0. The maximum absolute atomic E-state index is 5.97. The molecule has 2 heterocycles. The van der Waals surface area contributed by atoms with E-state index in [0.717, 1.165) is 56.9 Å². The van der Waals surface area contributed by atoms with Crippen LogP contribution in [0.25, 0.3) is 6.08 Å². The van der Waals surface area contributed by atoms with Crippen LogP contribution in [-0.4, -0.2) is 26.0 Å².